The molecule has 0 radical (unpaired) electrons. The highest BCUT2D eigenvalue weighted by molar-refractivity contribution is 9.10. The lowest BCUT2D eigenvalue weighted by molar-refractivity contribution is -0.116. The number of carbonyl (C=O) groups is 1. The predicted molar refractivity (Wildman–Crippen MR) is 83.2 cm³/mol. The Bertz CT molecular complexity index is 706. The molecule has 0 saturated carbocycles. The van der Waals surface area contributed by atoms with Crippen molar-refractivity contribution in [2.24, 2.45) is 0 Å². The number of nitrogens with one attached hydrogen (secondary N) is 2. The topological polar surface area (TPSA) is 41.1 Å². The Morgan fingerprint density at radius 3 is 2.75 bits per heavy atom. The van der Waals surface area contributed by atoms with E-state index in [9.17, 15) is 9.18 Å². The van der Waals surface area contributed by atoms with Crippen LogP contribution in [-0.4, -0.2) is 5.91 Å². The molecule has 0 aromatic heterocycles. The molecule has 1 amide bonds. The number of carbonyl (C=O) groups excluding carboxylic acids is 1. The summed E-state index contributed by atoms with van der Waals surface area (Å²) in [4.78, 5) is 12.0. The van der Waals surface area contributed by atoms with Crippen LogP contribution in [0.3, 0.4) is 0 Å². The molecule has 1 atom stereocenters. The first-order valence-corrected chi connectivity index (χ1v) is 7.46. The molecular weight excluding hydrogens is 391 g/mol. The lowest BCUT2D eigenvalue weighted by Gasteiger charge is -2.15. The van der Waals surface area contributed by atoms with E-state index in [4.69, 9.17) is 0 Å². The highest BCUT2D eigenvalue weighted by atomic mass is 79.9. The van der Waals surface area contributed by atoms with E-state index in [1.807, 2.05) is 18.2 Å². The summed E-state index contributed by atoms with van der Waals surface area (Å²) in [5.74, 6) is -0.609. The molecule has 1 heterocycles. The quantitative estimate of drug-likeness (QED) is 0.782. The number of hydrogen-bond acceptors (Lipinski definition) is 2. The first-order valence-electron chi connectivity index (χ1n) is 5.87. The molecule has 2 N–H and O–H groups in total. The molecule has 2 aromatic rings. The van der Waals surface area contributed by atoms with Gasteiger partial charge in [0.25, 0.3) is 5.91 Å². The maximum Gasteiger partial charge on any atom is 0.251 e. The molecule has 20 heavy (non-hydrogen) atoms. The number of hydrogen-bond donors (Lipinski definition) is 2. The van der Waals surface area contributed by atoms with Gasteiger partial charge in [-0.1, -0.05) is 37.9 Å². The van der Waals surface area contributed by atoms with E-state index in [2.05, 4.69) is 42.5 Å². The summed E-state index contributed by atoms with van der Waals surface area (Å²) in [6.45, 7) is 0. The van der Waals surface area contributed by atoms with Gasteiger partial charge in [-0.25, -0.2) is 4.39 Å². The molecule has 0 spiro atoms. The number of amides is 1. The zero-order chi connectivity index (χ0) is 14.3. The molecule has 0 fully saturated rings. The third kappa shape index (κ3) is 2.33. The lowest BCUT2D eigenvalue weighted by Crippen LogP contribution is -2.20. The fourth-order valence-corrected chi connectivity index (χ4v) is 3.10. The second kappa shape index (κ2) is 5.18. The molecule has 1 aliphatic heterocycles. The van der Waals surface area contributed by atoms with Crippen LogP contribution in [0.4, 0.5) is 15.8 Å². The highest BCUT2D eigenvalue weighted by Gasteiger charge is 2.32. The van der Waals surface area contributed by atoms with Crippen LogP contribution < -0.4 is 10.6 Å². The SMILES string of the molecule is O=C1Nc2cccc(Br)c2C1Nc1ccc(Br)cc1F. The smallest absolute Gasteiger partial charge is 0.251 e. The van der Waals surface area contributed by atoms with Gasteiger partial charge in [-0.2, -0.15) is 0 Å². The van der Waals surface area contributed by atoms with Gasteiger partial charge in [0.15, 0.2) is 0 Å². The number of anilines is 2. The van der Waals surface area contributed by atoms with Crippen molar-refractivity contribution >= 4 is 49.1 Å². The van der Waals surface area contributed by atoms with Gasteiger partial charge in [-0.15, -0.1) is 0 Å². The van der Waals surface area contributed by atoms with Gasteiger partial charge >= 0.3 is 0 Å². The van der Waals surface area contributed by atoms with Crippen LogP contribution in [0.25, 0.3) is 0 Å². The predicted octanol–water partition coefficient (Wildman–Crippen LogP) is 4.46. The third-order valence-electron chi connectivity index (χ3n) is 3.09. The minimum atomic E-state index is -0.615. The van der Waals surface area contributed by atoms with Gasteiger partial charge in [-0.3, -0.25) is 4.79 Å². The Morgan fingerprint density at radius 1 is 1.20 bits per heavy atom. The third-order valence-corrected chi connectivity index (χ3v) is 4.28. The van der Waals surface area contributed by atoms with Crippen LogP contribution in [0, 0.1) is 5.82 Å². The maximum atomic E-state index is 13.9. The molecular formula is C14H9Br2FN2O. The van der Waals surface area contributed by atoms with E-state index < -0.39 is 11.9 Å². The molecule has 0 aliphatic carbocycles. The molecule has 0 saturated heterocycles. The van der Waals surface area contributed by atoms with E-state index in [1.54, 1.807) is 12.1 Å². The van der Waals surface area contributed by atoms with Gasteiger partial charge in [0, 0.05) is 20.2 Å². The van der Waals surface area contributed by atoms with Crippen molar-refractivity contribution in [1.29, 1.82) is 0 Å². The number of rotatable bonds is 2. The molecule has 3 rings (SSSR count). The van der Waals surface area contributed by atoms with Crippen molar-refractivity contribution in [3.05, 3.63) is 56.7 Å². The number of benzene rings is 2. The van der Waals surface area contributed by atoms with Crippen molar-refractivity contribution in [3.63, 3.8) is 0 Å². The summed E-state index contributed by atoms with van der Waals surface area (Å²) >= 11 is 6.63. The fraction of sp³-hybridized carbons (Fsp3) is 0.0714. The van der Waals surface area contributed by atoms with Crippen molar-refractivity contribution in [2.45, 2.75) is 6.04 Å². The van der Waals surface area contributed by atoms with E-state index in [1.165, 1.54) is 6.07 Å². The average molecular weight is 400 g/mol. The standard InChI is InChI=1S/C14H9Br2FN2O/c15-7-4-5-10(9(17)6-7)18-13-12-8(16)2-1-3-11(12)19-14(13)20/h1-6,13,18H,(H,19,20). The second-order valence-electron chi connectivity index (χ2n) is 4.39. The van der Waals surface area contributed by atoms with Crippen molar-refractivity contribution in [1.82, 2.24) is 0 Å². The number of fused-ring (bicyclic) bond motifs is 1. The van der Waals surface area contributed by atoms with E-state index in [0.29, 0.717) is 4.47 Å². The van der Waals surface area contributed by atoms with E-state index in [0.717, 1.165) is 15.7 Å². The van der Waals surface area contributed by atoms with Crippen molar-refractivity contribution in [2.75, 3.05) is 10.6 Å². The first-order chi connectivity index (χ1) is 9.56. The Kier molecular flexibility index (Phi) is 3.52. The Hall–Kier alpha value is -1.40. The molecule has 102 valence electrons. The van der Waals surface area contributed by atoms with Gasteiger partial charge in [0.05, 0.1) is 5.69 Å². The summed E-state index contributed by atoms with van der Waals surface area (Å²) in [6.07, 6.45) is 0. The Morgan fingerprint density at radius 2 is 2.00 bits per heavy atom. The van der Waals surface area contributed by atoms with Crippen LogP contribution in [0.5, 0.6) is 0 Å². The minimum Gasteiger partial charge on any atom is -0.368 e. The number of halogens is 3. The van der Waals surface area contributed by atoms with E-state index >= 15 is 0 Å². The van der Waals surface area contributed by atoms with Gasteiger partial charge in [-0.05, 0) is 30.3 Å². The van der Waals surface area contributed by atoms with Crippen LogP contribution in [0.2, 0.25) is 0 Å². The van der Waals surface area contributed by atoms with Gasteiger partial charge < -0.3 is 10.6 Å². The fourth-order valence-electron chi connectivity index (χ4n) is 2.18. The summed E-state index contributed by atoms with van der Waals surface area (Å²) in [5, 5.41) is 5.72. The van der Waals surface area contributed by atoms with Crippen LogP contribution in [0.15, 0.2) is 45.3 Å². The highest BCUT2D eigenvalue weighted by Crippen LogP contribution is 2.38. The van der Waals surface area contributed by atoms with Gasteiger partial charge in [0.1, 0.15) is 11.9 Å². The normalized spacial score (nSPS) is 16.8. The first kappa shape index (κ1) is 13.6. The summed E-state index contributed by atoms with van der Waals surface area (Å²) < 4.78 is 15.3. The Balaban J connectivity index is 1.98. The van der Waals surface area contributed by atoms with Crippen molar-refractivity contribution < 1.29 is 9.18 Å². The average Bonchev–Trinajstić information content (AvgIpc) is 2.70. The summed E-state index contributed by atoms with van der Waals surface area (Å²) in [6, 6.07) is 9.57. The van der Waals surface area contributed by atoms with Crippen LogP contribution >= 0.6 is 31.9 Å². The monoisotopic (exact) mass is 398 g/mol. The lowest BCUT2D eigenvalue weighted by atomic mass is 10.1. The molecule has 2 aromatic carbocycles. The minimum absolute atomic E-state index is 0.200. The zero-order valence-electron chi connectivity index (χ0n) is 10.1. The molecule has 1 unspecified atom stereocenters. The van der Waals surface area contributed by atoms with Crippen molar-refractivity contribution in [3.8, 4) is 0 Å². The molecule has 0 bridgehead atoms. The zero-order valence-corrected chi connectivity index (χ0v) is 13.3. The maximum absolute atomic E-state index is 13.9. The molecule has 1 aliphatic rings. The summed E-state index contributed by atoms with van der Waals surface area (Å²) in [7, 11) is 0. The van der Waals surface area contributed by atoms with Crippen LogP contribution in [-0.2, 0) is 4.79 Å². The van der Waals surface area contributed by atoms with E-state index in [-0.39, 0.29) is 11.6 Å². The molecule has 6 heteroatoms. The Labute approximate surface area is 131 Å². The summed E-state index contributed by atoms with van der Waals surface area (Å²) in [5.41, 5.74) is 1.82. The van der Waals surface area contributed by atoms with Gasteiger partial charge in [0.2, 0.25) is 0 Å². The molecule has 3 nitrogen and oxygen atoms in total. The largest absolute Gasteiger partial charge is 0.368 e. The second-order valence-corrected chi connectivity index (χ2v) is 6.16. The van der Waals surface area contributed by atoms with Crippen LogP contribution in [0.1, 0.15) is 11.6 Å².